The molecule has 0 fully saturated rings. The van der Waals surface area contributed by atoms with Gasteiger partial charge in [0.05, 0.1) is 12.1 Å². The fourth-order valence-corrected chi connectivity index (χ4v) is 2.62. The minimum atomic E-state index is 0.417. The predicted octanol–water partition coefficient (Wildman–Crippen LogP) is 2.37. The molecule has 0 bridgehead atoms. The zero-order valence-corrected chi connectivity index (χ0v) is 12.3. The molecule has 0 atom stereocenters. The summed E-state index contributed by atoms with van der Waals surface area (Å²) in [7, 11) is 1.63. The van der Waals surface area contributed by atoms with Crippen LogP contribution >= 0.6 is 11.3 Å². The Morgan fingerprint density at radius 2 is 2.05 bits per heavy atom. The fourth-order valence-electron chi connectivity index (χ4n) is 1.83. The van der Waals surface area contributed by atoms with Crippen molar-refractivity contribution in [3.8, 4) is 28.7 Å². The lowest BCUT2D eigenvalue weighted by Crippen LogP contribution is -2.01. The molecule has 6 nitrogen and oxygen atoms in total. The maximum atomic E-state index is 5.52. The third kappa shape index (κ3) is 2.93. The number of ether oxygens (including phenoxy) is 1. The molecule has 3 rings (SSSR count). The van der Waals surface area contributed by atoms with Crippen LogP contribution in [0.1, 0.15) is 5.01 Å². The van der Waals surface area contributed by atoms with Gasteiger partial charge in [-0.05, 0) is 30.8 Å². The van der Waals surface area contributed by atoms with Crippen molar-refractivity contribution in [1.82, 2.24) is 15.1 Å². The number of thiazole rings is 1. The van der Waals surface area contributed by atoms with Gasteiger partial charge in [-0.15, -0.1) is 11.3 Å². The summed E-state index contributed by atoms with van der Waals surface area (Å²) < 4.78 is 10.4. The number of nitrogens with zero attached hydrogens (tertiary/aromatic N) is 3. The van der Waals surface area contributed by atoms with Crippen LogP contribution < -0.4 is 10.5 Å². The van der Waals surface area contributed by atoms with Gasteiger partial charge in [0.2, 0.25) is 5.82 Å². The van der Waals surface area contributed by atoms with Crippen LogP contribution in [0.4, 0.5) is 0 Å². The maximum Gasteiger partial charge on any atom is 0.277 e. The molecule has 1 aromatic carbocycles. The van der Waals surface area contributed by atoms with Gasteiger partial charge >= 0.3 is 0 Å². The first-order valence-electron chi connectivity index (χ1n) is 6.43. The van der Waals surface area contributed by atoms with Crippen LogP contribution in [0, 0.1) is 0 Å². The molecule has 108 valence electrons. The average Bonchev–Trinajstić information content (AvgIpc) is 3.16. The summed E-state index contributed by atoms with van der Waals surface area (Å²) in [6, 6.07) is 7.48. The van der Waals surface area contributed by atoms with E-state index in [4.69, 9.17) is 15.0 Å². The average molecular weight is 302 g/mol. The highest BCUT2D eigenvalue weighted by atomic mass is 32.1. The van der Waals surface area contributed by atoms with E-state index in [0.717, 1.165) is 22.7 Å². The lowest BCUT2D eigenvalue weighted by molar-refractivity contribution is 0.414. The van der Waals surface area contributed by atoms with E-state index in [2.05, 4.69) is 15.1 Å². The molecule has 0 saturated carbocycles. The minimum Gasteiger partial charge on any atom is -0.497 e. The van der Waals surface area contributed by atoms with Crippen molar-refractivity contribution in [3.63, 3.8) is 0 Å². The summed E-state index contributed by atoms with van der Waals surface area (Å²) in [5, 5.41) is 6.85. The Morgan fingerprint density at radius 3 is 2.76 bits per heavy atom. The molecule has 0 radical (unpaired) electrons. The van der Waals surface area contributed by atoms with Gasteiger partial charge < -0.3 is 15.0 Å². The second kappa shape index (κ2) is 6.02. The summed E-state index contributed by atoms with van der Waals surface area (Å²) in [6.07, 6.45) is 0.754. The molecule has 2 heterocycles. The molecule has 0 aliphatic rings. The van der Waals surface area contributed by atoms with Gasteiger partial charge in [-0.3, -0.25) is 0 Å². The van der Waals surface area contributed by atoms with E-state index < -0.39 is 0 Å². The van der Waals surface area contributed by atoms with Crippen LogP contribution in [0.5, 0.6) is 5.75 Å². The first-order chi connectivity index (χ1) is 10.3. The van der Waals surface area contributed by atoms with Gasteiger partial charge in [0.15, 0.2) is 0 Å². The Morgan fingerprint density at radius 1 is 1.24 bits per heavy atom. The van der Waals surface area contributed by atoms with Crippen LogP contribution in [0.2, 0.25) is 0 Å². The highest BCUT2D eigenvalue weighted by molar-refractivity contribution is 7.09. The number of aromatic nitrogens is 3. The number of hydrogen-bond acceptors (Lipinski definition) is 7. The summed E-state index contributed by atoms with van der Waals surface area (Å²) >= 11 is 1.54. The van der Waals surface area contributed by atoms with E-state index in [0.29, 0.717) is 24.0 Å². The van der Waals surface area contributed by atoms with E-state index in [1.165, 1.54) is 0 Å². The maximum absolute atomic E-state index is 5.52. The SMILES string of the molecule is COc1ccc(-c2noc(-c3csc(CCN)n3)n2)cc1. The highest BCUT2D eigenvalue weighted by Crippen LogP contribution is 2.25. The van der Waals surface area contributed by atoms with Crippen LogP contribution in [-0.2, 0) is 6.42 Å². The Labute approximate surface area is 125 Å². The molecule has 7 heteroatoms. The normalized spacial score (nSPS) is 10.8. The molecule has 0 aliphatic heterocycles. The van der Waals surface area contributed by atoms with Crippen molar-refractivity contribution >= 4 is 11.3 Å². The van der Waals surface area contributed by atoms with E-state index in [9.17, 15) is 0 Å². The van der Waals surface area contributed by atoms with Crippen molar-refractivity contribution in [1.29, 1.82) is 0 Å². The summed E-state index contributed by atoms with van der Waals surface area (Å²) in [5.41, 5.74) is 7.07. The lowest BCUT2D eigenvalue weighted by atomic mass is 10.2. The third-order valence-corrected chi connectivity index (χ3v) is 3.81. The van der Waals surface area contributed by atoms with Gasteiger partial charge in [-0.2, -0.15) is 4.98 Å². The monoisotopic (exact) mass is 302 g/mol. The van der Waals surface area contributed by atoms with Crippen LogP contribution in [0.3, 0.4) is 0 Å². The Balaban J connectivity index is 1.84. The summed E-state index contributed by atoms with van der Waals surface area (Å²) in [5.74, 6) is 1.73. The van der Waals surface area contributed by atoms with E-state index >= 15 is 0 Å². The number of benzene rings is 1. The number of hydrogen-bond donors (Lipinski definition) is 1. The second-order valence-electron chi connectivity index (χ2n) is 4.32. The molecular formula is C14H14N4O2S. The zero-order chi connectivity index (χ0) is 14.7. The quantitative estimate of drug-likeness (QED) is 0.778. The molecule has 0 spiro atoms. The first-order valence-corrected chi connectivity index (χ1v) is 7.31. The summed E-state index contributed by atoms with van der Waals surface area (Å²) in [6.45, 7) is 0.577. The van der Waals surface area contributed by atoms with Crippen LogP contribution in [-0.4, -0.2) is 28.8 Å². The predicted molar refractivity (Wildman–Crippen MR) is 80.2 cm³/mol. The number of methoxy groups -OCH3 is 1. The standard InChI is InChI=1S/C14H14N4O2S/c1-19-10-4-2-9(3-5-10)13-17-14(20-18-13)11-8-21-12(16-11)6-7-15/h2-5,8H,6-7,15H2,1H3. The van der Waals surface area contributed by atoms with Gasteiger partial charge in [-0.25, -0.2) is 4.98 Å². The Kier molecular flexibility index (Phi) is 3.94. The van der Waals surface area contributed by atoms with Gasteiger partial charge in [-0.1, -0.05) is 5.16 Å². The molecular weight excluding hydrogens is 288 g/mol. The molecule has 2 N–H and O–H groups in total. The molecule has 21 heavy (non-hydrogen) atoms. The van der Waals surface area contributed by atoms with Crippen molar-refractivity contribution in [2.45, 2.75) is 6.42 Å². The smallest absolute Gasteiger partial charge is 0.277 e. The van der Waals surface area contributed by atoms with Gasteiger partial charge in [0.25, 0.3) is 5.89 Å². The minimum absolute atomic E-state index is 0.417. The van der Waals surface area contributed by atoms with Gasteiger partial charge in [0, 0.05) is 17.4 Å². The molecule has 2 aromatic heterocycles. The summed E-state index contributed by atoms with van der Waals surface area (Å²) in [4.78, 5) is 8.80. The first kappa shape index (κ1) is 13.7. The molecule has 0 amide bonds. The van der Waals surface area contributed by atoms with E-state index in [-0.39, 0.29) is 0 Å². The molecule has 0 saturated heterocycles. The lowest BCUT2D eigenvalue weighted by Gasteiger charge is -1.98. The number of nitrogens with two attached hydrogens (primary N) is 1. The highest BCUT2D eigenvalue weighted by Gasteiger charge is 2.13. The van der Waals surface area contributed by atoms with E-state index in [1.807, 2.05) is 29.6 Å². The largest absolute Gasteiger partial charge is 0.497 e. The Hall–Kier alpha value is -2.25. The molecule has 3 aromatic rings. The van der Waals surface area contributed by atoms with Gasteiger partial charge in [0.1, 0.15) is 11.4 Å². The Bertz CT molecular complexity index is 721. The molecule has 0 aliphatic carbocycles. The van der Waals surface area contributed by atoms with Crippen molar-refractivity contribution in [2.75, 3.05) is 13.7 Å². The molecule has 0 unspecified atom stereocenters. The topological polar surface area (TPSA) is 87.1 Å². The van der Waals surface area contributed by atoms with Crippen molar-refractivity contribution in [2.24, 2.45) is 5.73 Å². The number of rotatable bonds is 5. The fraction of sp³-hybridized carbons (Fsp3) is 0.214. The zero-order valence-electron chi connectivity index (χ0n) is 11.4. The van der Waals surface area contributed by atoms with Crippen LogP contribution in [0.25, 0.3) is 23.0 Å². The van der Waals surface area contributed by atoms with Crippen molar-refractivity contribution in [3.05, 3.63) is 34.7 Å². The van der Waals surface area contributed by atoms with Crippen LogP contribution in [0.15, 0.2) is 34.2 Å². The third-order valence-electron chi connectivity index (χ3n) is 2.90. The van der Waals surface area contributed by atoms with Crippen molar-refractivity contribution < 1.29 is 9.26 Å². The second-order valence-corrected chi connectivity index (χ2v) is 5.26. The van der Waals surface area contributed by atoms with E-state index in [1.54, 1.807) is 18.4 Å².